The predicted octanol–water partition coefficient (Wildman–Crippen LogP) is 3.66. The Bertz CT molecular complexity index is 889. The second kappa shape index (κ2) is 12.9. The van der Waals surface area contributed by atoms with Crippen LogP contribution in [0.4, 0.5) is 0 Å². The first-order chi connectivity index (χ1) is 15.1. The van der Waals surface area contributed by atoms with Crippen molar-refractivity contribution in [2.75, 3.05) is 26.1 Å². The number of hydrazone groups is 1. The fraction of sp³-hybridized carbons (Fsp3) is 0.318. The molecule has 1 aliphatic heterocycles. The lowest BCUT2D eigenvalue weighted by atomic mass is 10.0. The number of alkyl halides is 1. The summed E-state index contributed by atoms with van der Waals surface area (Å²) in [5, 5.41) is 9.95. The second-order valence-corrected chi connectivity index (χ2v) is 6.92. The molecule has 1 unspecified atom stereocenters. The maximum atomic E-state index is 11.8. The number of carbonyl (C=O) groups excluding carboxylic acids is 1. The summed E-state index contributed by atoms with van der Waals surface area (Å²) in [5.74, 6) is 0.0771. The Balaban J connectivity index is 0.00000166. The SMILES string of the molecule is CC.CNO/C(=N\CN1CC(NC(=O)CCl)C(c2ccc(Cl)cc2)=N1)c1ccccc1. The van der Waals surface area contributed by atoms with Crippen molar-refractivity contribution in [3.8, 4) is 0 Å². The Morgan fingerprint density at radius 3 is 2.48 bits per heavy atom. The van der Waals surface area contributed by atoms with E-state index in [9.17, 15) is 4.79 Å². The molecule has 0 saturated carbocycles. The van der Waals surface area contributed by atoms with Crippen molar-refractivity contribution in [3.63, 3.8) is 0 Å². The van der Waals surface area contributed by atoms with Gasteiger partial charge in [-0.1, -0.05) is 55.8 Å². The first-order valence-electron chi connectivity index (χ1n) is 9.99. The topological polar surface area (TPSA) is 78.3 Å². The van der Waals surface area contributed by atoms with Gasteiger partial charge in [0.05, 0.1) is 18.3 Å². The van der Waals surface area contributed by atoms with Gasteiger partial charge in [0.2, 0.25) is 11.8 Å². The number of hydrogen-bond donors (Lipinski definition) is 2. The summed E-state index contributed by atoms with van der Waals surface area (Å²) in [6.07, 6.45) is 0. The van der Waals surface area contributed by atoms with Crippen LogP contribution in [-0.4, -0.2) is 54.7 Å². The molecule has 0 radical (unpaired) electrons. The summed E-state index contributed by atoms with van der Waals surface area (Å²) >= 11 is 11.6. The average molecular weight is 464 g/mol. The number of halogens is 2. The van der Waals surface area contributed by atoms with Crippen molar-refractivity contribution in [2.45, 2.75) is 19.9 Å². The number of nitrogens with one attached hydrogen (secondary N) is 2. The van der Waals surface area contributed by atoms with Gasteiger partial charge in [-0.2, -0.15) is 10.6 Å². The molecule has 2 aromatic carbocycles. The molecule has 0 bridgehead atoms. The third kappa shape index (κ3) is 7.24. The summed E-state index contributed by atoms with van der Waals surface area (Å²) in [6, 6.07) is 16.6. The van der Waals surface area contributed by atoms with Crippen LogP contribution in [0, 0.1) is 0 Å². The van der Waals surface area contributed by atoms with Gasteiger partial charge < -0.3 is 10.2 Å². The number of carbonyl (C=O) groups is 1. The molecule has 0 aromatic heterocycles. The van der Waals surface area contributed by atoms with Crippen molar-refractivity contribution in [2.24, 2.45) is 10.1 Å². The van der Waals surface area contributed by atoms with E-state index in [4.69, 9.17) is 28.0 Å². The van der Waals surface area contributed by atoms with Crippen molar-refractivity contribution < 1.29 is 9.63 Å². The lowest BCUT2D eigenvalue weighted by Crippen LogP contribution is -2.43. The molecule has 0 saturated heterocycles. The van der Waals surface area contributed by atoms with Crippen molar-refractivity contribution in [1.29, 1.82) is 0 Å². The van der Waals surface area contributed by atoms with Gasteiger partial charge >= 0.3 is 0 Å². The first-order valence-corrected chi connectivity index (χ1v) is 10.9. The third-order valence-electron chi connectivity index (χ3n) is 4.17. The minimum Gasteiger partial charge on any atom is -0.388 e. The highest BCUT2D eigenvalue weighted by Gasteiger charge is 2.29. The Morgan fingerprint density at radius 1 is 1.19 bits per heavy atom. The molecule has 0 aliphatic carbocycles. The van der Waals surface area contributed by atoms with Gasteiger partial charge in [0.1, 0.15) is 12.5 Å². The standard InChI is InChI=1S/C20H21Cl2N5O2.C2H6/c1-23-29-20(15-5-3-2-4-6-15)24-13-27-12-17(25-18(28)11-21)19(26-27)14-7-9-16(22)10-8-14;1-2/h2-10,17,23H,11-13H2,1H3,(H,25,28);1-2H3/b24-20-;. The highest BCUT2D eigenvalue weighted by Crippen LogP contribution is 2.17. The fourth-order valence-corrected chi connectivity index (χ4v) is 3.08. The van der Waals surface area contributed by atoms with Crippen LogP contribution >= 0.6 is 23.2 Å². The molecule has 3 rings (SSSR count). The van der Waals surface area contributed by atoms with E-state index in [1.807, 2.05) is 56.3 Å². The Hall–Kier alpha value is -2.61. The highest BCUT2D eigenvalue weighted by molar-refractivity contribution is 6.30. The summed E-state index contributed by atoms with van der Waals surface area (Å²) in [4.78, 5) is 21.8. The third-order valence-corrected chi connectivity index (χ3v) is 4.66. The van der Waals surface area contributed by atoms with Crippen LogP contribution in [0.3, 0.4) is 0 Å². The number of aliphatic imine (C=N–C) groups is 1. The zero-order valence-corrected chi connectivity index (χ0v) is 19.3. The maximum Gasteiger partial charge on any atom is 0.242 e. The molecule has 1 amide bonds. The van der Waals surface area contributed by atoms with Crippen LogP contribution in [0.1, 0.15) is 25.0 Å². The molecule has 1 heterocycles. The smallest absolute Gasteiger partial charge is 0.242 e. The van der Waals surface area contributed by atoms with Crippen LogP contribution in [0.15, 0.2) is 64.7 Å². The number of rotatable bonds is 7. The number of hydrogen-bond acceptors (Lipinski definition) is 6. The summed E-state index contributed by atoms with van der Waals surface area (Å²) < 4.78 is 0. The van der Waals surface area contributed by atoms with E-state index in [-0.39, 0.29) is 24.5 Å². The van der Waals surface area contributed by atoms with Crippen LogP contribution < -0.4 is 10.8 Å². The van der Waals surface area contributed by atoms with Crippen LogP contribution in [-0.2, 0) is 9.63 Å². The fourth-order valence-electron chi connectivity index (χ4n) is 2.88. The normalized spacial score (nSPS) is 15.6. The summed E-state index contributed by atoms with van der Waals surface area (Å²) in [6.45, 7) is 4.72. The van der Waals surface area contributed by atoms with Gasteiger partial charge in [-0.05, 0) is 24.3 Å². The van der Waals surface area contributed by atoms with Crippen molar-refractivity contribution in [3.05, 3.63) is 70.7 Å². The Morgan fingerprint density at radius 2 is 1.87 bits per heavy atom. The summed E-state index contributed by atoms with van der Waals surface area (Å²) in [5.41, 5.74) is 5.10. The van der Waals surface area contributed by atoms with Gasteiger partial charge in [-0.3, -0.25) is 9.80 Å². The predicted molar refractivity (Wildman–Crippen MR) is 127 cm³/mol. The molecule has 166 valence electrons. The van der Waals surface area contributed by atoms with Gasteiger partial charge in [0, 0.05) is 23.2 Å². The van der Waals surface area contributed by atoms with Gasteiger partial charge in [0.25, 0.3) is 0 Å². The van der Waals surface area contributed by atoms with Crippen molar-refractivity contribution >= 4 is 40.7 Å². The molecular weight excluding hydrogens is 437 g/mol. The molecule has 2 N–H and O–H groups in total. The molecule has 7 nitrogen and oxygen atoms in total. The van der Waals surface area contributed by atoms with E-state index in [0.717, 1.165) is 16.8 Å². The lowest BCUT2D eigenvalue weighted by molar-refractivity contribution is -0.119. The largest absolute Gasteiger partial charge is 0.388 e. The van der Waals surface area contributed by atoms with E-state index in [1.54, 1.807) is 24.2 Å². The zero-order chi connectivity index (χ0) is 22.6. The zero-order valence-electron chi connectivity index (χ0n) is 17.8. The lowest BCUT2D eigenvalue weighted by Gasteiger charge is -2.16. The minimum absolute atomic E-state index is 0.114. The van der Waals surface area contributed by atoms with Crippen LogP contribution in [0.25, 0.3) is 0 Å². The molecule has 31 heavy (non-hydrogen) atoms. The van der Waals surface area contributed by atoms with Crippen LogP contribution in [0.5, 0.6) is 0 Å². The van der Waals surface area contributed by atoms with Crippen molar-refractivity contribution in [1.82, 2.24) is 15.8 Å². The maximum absolute atomic E-state index is 11.8. The Labute approximate surface area is 193 Å². The average Bonchev–Trinajstić information content (AvgIpc) is 3.21. The minimum atomic E-state index is -0.303. The van der Waals surface area contributed by atoms with Gasteiger partial charge in [0.15, 0.2) is 0 Å². The number of hydroxylamine groups is 1. The molecule has 1 aliphatic rings. The first kappa shape index (κ1) is 24.7. The highest BCUT2D eigenvalue weighted by atomic mass is 35.5. The Kier molecular flexibility index (Phi) is 10.3. The quantitative estimate of drug-likeness (QED) is 0.284. The molecular formula is C22H27Cl2N5O2. The second-order valence-electron chi connectivity index (χ2n) is 6.21. The molecule has 9 heteroatoms. The molecule has 0 spiro atoms. The molecule has 0 fully saturated rings. The molecule has 2 aromatic rings. The number of benzene rings is 2. The van der Waals surface area contributed by atoms with E-state index >= 15 is 0 Å². The van der Waals surface area contributed by atoms with Gasteiger partial charge in [-0.25, -0.2) is 4.99 Å². The van der Waals surface area contributed by atoms with E-state index in [1.165, 1.54) is 0 Å². The monoisotopic (exact) mass is 463 g/mol. The number of nitrogens with zero attached hydrogens (tertiary/aromatic N) is 3. The van der Waals surface area contributed by atoms with Gasteiger partial charge in [-0.15, -0.1) is 11.6 Å². The molecule has 1 atom stereocenters. The van der Waals surface area contributed by atoms with E-state index < -0.39 is 0 Å². The van der Waals surface area contributed by atoms with E-state index in [0.29, 0.717) is 17.5 Å². The van der Waals surface area contributed by atoms with Crippen LogP contribution in [0.2, 0.25) is 5.02 Å². The number of amides is 1. The van der Waals surface area contributed by atoms with E-state index in [2.05, 4.69) is 20.9 Å². The summed E-state index contributed by atoms with van der Waals surface area (Å²) in [7, 11) is 1.67.